The van der Waals surface area contributed by atoms with E-state index >= 15 is 0 Å². The largest absolute Gasteiger partial charge is 0.478 e. The van der Waals surface area contributed by atoms with Crippen LogP contribution < -0.4 is 0 Å². The van der Waals surface area contributed by atoms with Gasteiger partial charge in [0.05, 0.1) is 11.8 Å². The Bertz CT molecular complexity index is 544. The summed E-state index contributed by atoms with van der Waals surface area (Å²) in [5.41, 5.74) is 1.97. The molecule has 16 heavy (non-hydrogen) atoms. The second-order valence-corrected chi connectivity index (χ2v) is 4.92. The van der Waals surface area contributed by atoms with Gasteiger partial charge in [-0.25, -0.2) is 4.79 Å². The van der Waals surface area contributed by atoms with Gasteiger partial charge >= 0.3 is 5.97 Å². The predicted molar refractivity (Wildman–Crippen MR) is 61.9 cm³/mol. The monoisotopic (exact) mass is 218 g/mol. The van der Waals surface area contributed by atoms with Crippen LogP contribution in [0.5, 0.6) is 0 Å². The molecule has 1 heterocycles. The summed E-state index contributed by atoms with van der Waals surface area (Å²) in [7, 11) is 0. The Morgan fingerprint density at radius 2 is 2.00 bits per heavy atom. The van der Waals surface area contributed by atoms with Gasteiger partial charge in [0.25, 0.3) is 0 Å². The molecule has 0 aliphatic carbocycles. The van der Waals surface area contributed by atoms with Crippen molar-refractivity contribution in [1.82, 2.24) is 0 Å². The SMILES string of the molecule is CC(C)(C)c1coc2cc(C(=O)O)ccc12. The van der Waals surface area contributed by atoms with Crippen LogP contribution in [0.2, 0.25) is 0 Å². The van der Waals surface area contributed by atoms with Gasteiger partial charge in [-0.3, -0.25) is 0 Å². The van der Waals surface area contributed by atoms with Crippen molar-refractivity contribution in [3.05, 3.63) is 35.6 Å². The van der Waals surface area contributed by atoms with Crippen molar-refractivity contribution >= 4 is 16.9 Å². The summed E-state index contributed by atoms with van der Waals surface area (Å²) in [6.07, 6.45) is 1.70. The summed E-state index contributed by atoms with van der Waals surface area (Å²) in [6.45, 7) is 6.30. The molecule has 0 saturated carbocycles. The highest BCUT2D eigenvalue weighted by molar-refractivity contribution is 5.93. The fraction of sp³-hybridized carbons (Fsp3) is 0.308. The van der Waals surface area contributed by atoms with Gasteiger partial charge < -0.3 is 9.52 Å². The fourth-order valence-electron chi connectivity index (χ4n) is 1.74. The minimum atomic E-state index is -0.935. The molecule has 0 radical (unpaired) electrons. The molecular weight excluding hydrogens is 204 g/mol. The van der Waals surface area contributed by atoms with Crippen LogP contribution in [0.15, 0.2) is 28.9 Å². The van der Waals surface area contributed by atoms with E-state index in [-0.39, 0.29) is 11.0 Å². The minimum Gasteiger partial charge on any atom is -0.478 e. The van der Waals surface area contributed by atoms with Crippen molar-refractivity contribution in [3.63, 3.8) is 0 Å². The highest BCUT2D eigenvalue weighted by atomic mass is 16.4. The normalized spacial score (nSPS) is 11.9. The van der Waals surface area contributed by atoms with Crippen LogP contribution in [0.25, 0.3) is 11.0 Å². The summed E-state index contributed by atoms with van der Waals surface area (Å²) in [4.78, 5) is 10.8. The first-order valence-corrected chi connectivity index (χ1v) is 5.14. The third-order valence-electron chi connectivity index (χ3n) is 2.63. The molecule has 0 aliphatic heterocycles. The van der Waals surface area contributed by atoms with Crippen LogP contribution in [0.3, 0.4) is 0 Å². The van der Waals surface area contributed by atoms with E-state index in [2.05, 4.69) is 20.8 Å². The molecule has 0 atom stereocenters. The van der Waals surface area contributed by atoms with E-state index in [1.165, 1.54) is 0 Å². The maximum atomic E-state index is 10.8. The zero-order valence-corrected chi connectivity index (χ0v) is 9.57. The molecule has 0 bridgehead atoms. The first kappa shape index (κ1) is 10.7. The van der Waals surface area contributed by atoms with Gasteiger partial charge in [0.1, 0.15) is 5.58 Å². The minimum absolute atomic E-state index is 0.00398. The smallest absolute Gasteiger partial charge is 0.335 e. The van der Waals surface area contributed by atoms with Gasteiger partial charge in [-0.15, -0.1) is 0 Å². The van der Waals surface area contributed by atoms with Crippen molar-refractivity contribution in [1.29, 1.82) is 0 Å². The molecule has 0 spiro atoms. The molecule has 0 saturated heterocycles. The van der Waals surface area contributed by atoms with Gasteiger partial charge in [-0.2, -0.15) is 0 Å². The molecule has 0 fully saturated rings. The number of carbonyl (C=O) groups is 1. The van der Waals surface area contributed by atoms with Crippen molar-refractivity contribution in [3.8, 4) is 0 Å². The highest BCUT2D eigenvalue weighted by Crippen LogP contribution is 2.31. The fourth-order valence-corrected chi connectivity index (χ4v) is 1.74. The molecule has 1 N–H and O–H groups in total. The molecule has 0 aliphatic rings. The first-order valence-electron chi connectivity index (χ1n) is 5.14. The van der Waals surface area contributed by atoms with Crippen LogP contribution in [-0.4, -0.2) is 11.1 Å². The Kier molecular flexibility index (Phi) is 2.26. The van der Waals surface area contributed by atoms with Crippen molar-refractivity contribution in [2.45, 2.75) is 26.2 Å². The van der Waals surface area contributed by atoms with Crippen LogP contribution in [-0.2, 0) is 5.41 Å². The number of hydrogen-bond acceptors (Lipinski definition) is 2. The van der Waals surface area contributed by atoms with Crippen molar-refractivity contribution in [2.75, 3.05) is 0 Å². The number of aromatic carboxylic acids is 1. The summed E-state index contributed by atoms with van der Waals surface area (Å²) in [5.74, 6) is -0.935. The molecule has 3 heteroatoms. The van der Waals surface area contributed by atoms with Crippen LogP contribution in [0, 0.1) is 0 Å². The molecule has 2 aromatic rings. The molecule has 0 amide bonds. The summed E-state index contributed by atoms with van der Waals surface area (Å²) >= 11 is 0. The number of fused-ring (bicyclic) bond motifs is 1. The Labute approximate surface area is 93.7 Å². The predicted octanol–water partition coefficient (Wildman–Crippen LogP) is 3.43. The number of hydrogen-bond donors (Lipinski definition) is 1. The molecule has 1 aromatic carbocycles. The number of carboxylic acid groups (broad SMARTS) is 1. The van der Waals surface area contributed by atoms with E-state index < -0.39 is 5.97 Å². The quantitative estimate of drug-likeness (QED) is 0.797. The number of carboxylic acids is 1. The lowest BCUT2D eigenvalue weighted by molar-refractivity contribution is 0.0697. The zero-order valence-electron chi connectivity index (χ0n) is 9.57. The first-order chi connectivity index (χ1) is 7.39. The number of rotatable bonds is 1. The summed E-state index contributed by atoms with van der Waals surface area (Å²) in [5, 5.41) is 9.85. The molecule has 84 valence electrons. The topological polar surface area (TPSA) is 50.4 Å². The number of benzene rings is 1. The average Bonchev–Trinajstić information content (AvgIpc) is 2.58. The van der Waals surface area contributed by atoms with E-state index in [9.17, 15) is 4.79 Å². The molecule has 3 nitrogen and oxygen atoms in total. The lowest BCUT2D eigenvalue weighted by Crippen LogP contribution is -2.09. The maximum Gasteiger partial charge on any atom is 0.335 e. The van der Waals surface area contributed by atoms with E-state index in [0.717, 1.165) is 10.9 Å². The third-order valence-corrected chi connectivity index (χ3v) is 2.63. The summed E-state index contributed by atoms with van der Waals surface area (Å²) < 4.78 is 5.40. The van der Waals surface area contributed by atoms with Gasteiger partial charge in [-0.05, 0) is 23.6 Å². The lowest BCUT2D eigenvalue weighted by Gasteiger charge is -2.16. The zero-order chi connectivity index (χ0) is 11.9. The van der Waals surface area contributed by atoms with E-state index in [4.69, 9.17) is 9.52 Å². The van der Waals surface area contributed by atoms with Crippen molar-refractivity contribution in [2.24, 2.45) is 0 Å². The van der Waals surface area contributed by atoms with E-state index in [1.807, 2.05) is 6.07 Å². The Hall–Kier alpha value is -1.77. The molecule has 2 rings (SSSR count). The van der Waals surface area contributed by atoms with Crippen LogP contribution in [0.1, 0.15) is 36.7 Å². The highest BCUT2D eigenvalue weighted by Gasteiger charge is 2.20. The second-order valence-electron chi connectivity index (χ2n) is 4.92. The van der Waals surface area contributed by atoms with Gasteiger partial charge in [0.2, 0.25) is 0 Å². The molecular formula is C13H14O3. The van der Waals surface area contributed by atoms with Gasteiger partial charge in [0, 0.05) is 10.9 Å². The standard InChI is InChI=1S/C13H14O3/c1-13(2,3)10-7-16-11-6-8(12(14)15)4-5-9(10)11/h4-7H,1-3H3,(H,14,15). The van der Waals surface area contributed by atoms with Gasteiger partial charge in [0.15, 0.2) is 0 Å². The Morgan fingerprint density at radius 1 is 1.31 bits per heavy atom. The number of furan rings is 1. The third kappa shape index (κ3) is 1.69. The van der Waals surface area contributed by atoms with E-state index in [0.29, 0.717) is 5.58 Å². The lowest BCUT2D eigenvalue weighted by atomic mass is 9.87. The van der Waals surface area contributed by atoms with E-state index in [1.54, 1.807) is 18.4 Å². The van der Waals surface area contributed by atoms with Gasteiger partial charge in [-0.1, -0.05) is 20.8 Å². The second kappa shape index (κ2) is 3.37. The average molecular weight is 218 g/mol. The molecule has 0 unspecified atom stereocenters. The molecule has 1 aromatic heterocycles. The Balaban J connectivity index is 2.64. The maximum absolute atomic E-state index is 10.8. The van der Waals surface area contributed by atoms with Crippen LogP contribution in [0.4, 0.5) is 0 Å². The summed E-state index contributed by atoms with van der Waals surface area (Å²) in [6, 6.07) is 4.98. The Morgan fingerprint density at radius 3 is 2.56 bits per heavy atom. The van der Waals surface area contributed by atoms with Crippen LogP contribution >= 0.6 is 0 Å². The van der Waals surface area contributed by atoms with Crippen molar-refractivity contribution < 1.29 is 14.3 Å².